The zero-order chi connectivity index (χ0) is 10.8. The van der Waals surface area contributed by atoms with Crippen LogP contribution >= 0.6 is 0 Å². The first-order valence-corrected chi connectivity index (χ1v) is 6.31. The van der Waals surface area contributed by atoms with Gasteiger partial charge >= 0.3 is 0 Å². The predicted octanol–water partition coefficient (Wildman–Crippen LogP) is 2.11. The number of hydrogen-bond donors (Lipinski definition) is 0. The fourth-order valence-electron chi connectivity index (χ4n) is 2.71. The number of benzene rings is 1. The first kappa shape index (κ1) is 10.3. The van der Waals surface area contributed by atoms with Crippen LogP contribution in [0.3, 0.4) is 0 Å². The summed E-state index contributed by atoms with van der Waals surface area (Å²) in [5.74, 6) is 0. The highest BCUT2D eigenvalue weighted by Gasteiger charge is 2.19. The lowest BCUT2D eigenvalue weighted by molar-refractivity contribution is 0.185. The quantitative estimate of drug-likeness (QED) is 0.745. The first-order chi connectivity index (χ1) is 7.92. The minimum Gasteiger partial charge on any atom is -0.290 e. The average molecular weight is 215 g/mol. The van der Waals surface area contributed by atoms with Crippen molar-refractivity contribution >= 4 is 0 Å². The predicted molar refractivity (Wildman–Crippen MR) is 65.9 cm³/mol. The minimum absolute atomic E-state index is 1.12. The summed E-state index contributed by atoms with van der Waals surface area (Å²) in [5, 5.41) is 0. The fraction of sp³-hybridized carbons (Fsp3) is 0.500. The van der Waals surface area contributed by atoms with Crippen molar-refractivity contribution in [1.29, 1.82) is 0 Å². The maximum absolute atomic E-state index is 2.56. The second-order valence-electron chi connectivity index (χ2n) is 4.86. The van der Waals surface area contributed by atoms with E-state index >= 15 is 0 Å². The molecule has 2 heterocycles. The van der Waals surface area contributed by atoms with E-state index in [2.05, 4.69) is 40.6 Å². The van der Waals surface area contributed by atoms with Crippen molar-refractivity contribution in [3.8, 4) is 0 Å². The standard InChI is InChI=1S/C14H19N2/c1-2-6-14-11-16(10-7-13(14)5-1)12-15-8-3-4-9-15/h1-2,5-6,11H,3-4,7-10,12H2. The Hall–Kier alpha value is -0.860. The van der Waals surface area contributed by atoms with E-state index in [0.29, 0.717) is 0 Å². The van der Waals surface area contributed by atoms with Crippen LogP contribution in [0, 0.1) is 6.54 Å². The van der Waals surface area contributed by atoms with Crippen LogP contribution in [0.15, 0.2) is 24.3 Å². The van der Waals surface area contributed by atoms with Crippen LogP contribution in [-0.4, -0.2) is 36.1 Å². The monoisotopic (exact) mass is 215 g/mol. The summed E-state index contributed by atoms with van der Waals surface area (Å²) < 4.78 is 0. The second kappa shape index (κ2) is 4.56. The van der Waals surface area contributed by atoms with Crippen LogP contribution in [0.2, 0.25) is 0 Å². The second-order valence-corrected chi connectivity index (χ2v) is 4.86. The lowest BCUT2D eigenvalue weighted by Gasteiger charge is -2.31. The smallest absolute Gasteiger partial charge is 0.0561 e. The summed E-state index contributed by atoms with van der Waals surface area (Å²) in [7, 11) is 0. The van der Waals surface area contributed by atoms with Crippen LogP contribution in [-0.2, 0) is 6.42 Å². The van der Waals surface area contributed by atoms with Crippen molar-refractivity contribution < 1.29 is 0 Å². The van der Waals surface area contributed by atoms with Gasteiger partial charge in [0.05, 0.1) is 13.2 Å². The van der Waals surface area contributed by atoms with Crippen LogP contribution < -0.4 is 0 Å². The molecule has 0 N–H and O–H groups in total. The number of rotatable bonds is 2. The number of likely N-dealkylation sites (tertiary alicyclic amines) is 1. The van der Waals surface area contributed by atoms with Crippen LogP contribution in [0.25, 0.3) is 0 Å². The molecule has 0 atom stereocenters. The highest BCUT2D eigenvalue weighted by Crippen LogP contribution is 2.21. The zero-order valence-corrected chi connectivity index (χ0v) is 9.73. The van der Waals surface area contributed by atoms with Gasteiger partial charge in [-0.3, -0.25) is 9.80 Å². The summed E-state index contributed by atoms with van der Waals surface area (Å²) in [6.07, 6.45) is 3.95. The van der Waals surface area contributed by atoms with E-state index in [0.717, 1.165) is 6.67 Å². The van der Waals surface area contributed by atoms with E-state index in [1.165, 1.54) is 50.0 Å². The Morgan fingerprint density at radius 3 is 2.69 bits per heavy atom. The van der Waals surface area contributed by atoms with Gasteiger partial charge in [0.25, 0.3) is 0 Å². The maximum atomic E-state index is 2.56. The molecule has 0 spiro atoms. The molecule has 16 heavy (non-hydrogen) atoms. The van der Waals surface area contributed by atoms with E-state index < -0.39 is 0 Å². The van der Waals surface area contributed by atoms with Crippen molar-refractivity contribution in [1.82, 2.24) is 9.80 Å². The van der Waals surface area contributed by atoms with Gasteiger partial charge < -0.3 is 0 Å². The molecule has 1 fully saturated rings. The maximum Gasteiger partial charge on any atom is 0.0561 e. The third kappa shape index (κ3) is 2.13. The molecule has 0 aliphatic carbocycles. The molecule has 2 aliphatic heterocycles. The van der Waals surface area contributed by atoms with Gasteiger partial charge in [-0.15, -0.1) is 0 Å². The molecule has 1 aromatic rings. The Morgan fingerprint density at radius 2 is 1.81 bits per heavy atom. The van der Waals surface area contributed by atoms with Gasteiger partial charge in [0.1, 0.15) is 0 Å². The summed E-state index contributed by atoms with van der Waals surface area (Å²) in [6.45, 7) is 7.19. The molecule has 0 saturated carbocycles. The Kier molecular flexibility index (Phi) is 2.94. The largest absolute Gasteiger partial charge is 0.290 e. The molecule has 1 radical (unpaired) electrons. The summed E-state index contributed by atoms with van der Waals surface area (Å²) in [4.78, 5) is 5.03. The highest BCUT2D eigenvalue weighted by molar-refractivity contribution is 5.34. The first-order valence-electron chi connectivity index (χ1n) is 6.31. The summed E-state index contributed by atoms with van der Waals surface area (Å²) in [6, 6.07) is 8.75. The van der Waals surface area contributed by atoms with Gasteiger partial charge in [0.15, 0.2) is 0 Å². The molecule has 1 saturated heterocycles. The van der Waals surface area contributed by atoms with Crippen molar-refractivity contribution in [2.45, 2.75) is 19.3 Å². The van der Waals surface area contributed by atoms with E-state index in [1.807, 2.05) is 0 Å². The Balaban J connectivity index is 1.63. The fourth-order valence-corrected chi connectivity index (χ4v) is 2.71. The van der Waals surface area contributed by atoms with Crippen LogP contribution in [0.4, 0.5) is 0 Å². The van der Waals surface area contributed by atoms with E-state index in [-0.39, 0.29) is 0 Å². The molecule has 85 valence electrons. The third-order valence-corrected chi connectivity index (χ3v) is 3.63. The van der Waals surface area contributed by atoms with Gasteiger partial charge in [-0.05, 0) is 43.5 Å². The molecule has 0 aromatic heterocycles. The molecule has 3 rings (SSSR count). The SMILES string of the molecule is [CH]1c2ccccc2CCN1CN1CCCC1. The van der Waals surface area contributed by atoms with E-state index in [9.17, 15) is 0 Å². The Labute approximate surface area is 97.9 Å². The zero-order valence-electron chi connectivity index (χ0n) is 9.73. The lowest BCUT2D eigenvalue weighted by Crippen LogP contribution is -2.38. The van der Waals surface area contributed by atoms with Crippen LogP contribution in [0.1, 0.15) is 24.0 Å². The summed E-state index contributed by atoms with van der Waals surface area (Å²) in [5.41, 5.74) is 2.91. The van der Waals surface area contributed by atoms with E-state index in [1.54, 1.807) is 0 Å². The molecule has 0 unspecified atom stereocenters. The Bertz CT molecular complexity index is 356. The van der Waals surface area contributed by atoms with Gasteiger partial charge in [-0.1, -0.05) is 24.3 Å². The molecule has 0 bridgehead atoms. The van der Waals surface area contributed by atoms with Gasteiger partial charge in [0.2, 0.25) is 0 Å². The topological polar surface area (TPSA) is 6.48 Å². The van der Waals surface area contributed by atoms with Gasteiger partial charge in [-0.25, -0.2) is 0 Å². The van der Waals surface area contributed by atoms with Crippen molar-refractivity contribution in [2.75, 3.05) is 26.3 Å². The number of fused-ring (bicyclic) bond motifs is 1. The van der Waals surface area contributed by atoms with Crippen molar-refractivity contribution in [2.24, 2.45) is 0 Å². The van der Waals surface area contributed by atoms with Crippen molar-refractivity contribution in [3.05, 3.63) is 41.9 Å². The molecule has 2 heteroatoms. The summed E-state index contributed by atoms with van der Waals surface area (Å²) >= 11 is 0. The molecule has 0 amide bonds. The van der Waals surface area contributed by atoms with Gasteiger partial charge in [0, 0.05) is 6.54 Å². The molecule has 2 nitrogen and oxygen atoms in total. The Morgan fingerprint density at radius 1 is 1.00 bits per heavy atom. The number of hydrogen-bond acceptors (Lipinski definition) is 2. The molecule has 2 aliphatic rings. The normalized spacial score (nSPS) is 22.2. The number of nitrogens with zero attached hydrogens (tertiary/aromatic N) is 2. The van der Waals surface area contributed by atoms with Gasteiger partial charge in [-0.2, -0.15) is 0 Å². The highest BCUT2D eigenvalue weighted by atomic mass is 15.3. The molecule has 1 aromatic carbocycles. The van der Waals surface area contributed by atoms with Crippen molar-refractivity contribution in [3.63, 3.8) is 0 Å². The lowest BCUT2D eigenvalue weighted by atomic mass is 10.0. The molecular weight excluding hydrogens is 196 g/mol. The van der Waals surface area contributed by atoms with E-state index in [4.69, 9.17) is 0 Å². The molecular formula is C14H19N2. The minimum atomic E-state index is 1.12. The third-order valence-electron chi connectivity index (χ3n) is 3.63. The van der Waals surface area contributed by atoms with Crippen LogP contribution in [0.5, 0.6) is 0 Å². The average Bonchev–Trinajstić information content (AvgIpc) is 2.82.